The fraction of sp³-hybridized carbons (Fsp3) is 0.109. The minimum Gasteiger partial charge on any atom is -0.478 e. The number of azo groups is 3. The molecule has 480 valence electrons. The van der Waals surface area contributed by atoms with Gasteiger partial charge < -0.3 is 47.8 Å². The first kappa shape index (κ1) is 65.5. The molecule has 0 fully saturated rings. The summed E-state index contributed by atoms with van der Waals surface area (Å²) in [4.78, 5) is 85.9. The van der Waals surface area contributed by atoms with Gasteiger partial charge in [-0.05, 0) is 94.1 Å². The molecule has 7 aromatic heterocycles. The molecule has 0 aliphatic heterocycles. The van der Waals surface area contributed by atoms with Gasteiger partial charge in [0.25, 0.3) is 11.6 Å². The van der Waals surface area contributed by atoms with Gasteiger partial charge in [-0.2, -0.15) is 65.1 Å². The largest absolute Gasteiger partial charge is 0.478 e. The fourth-order valence-corrected chi connectivity index (χ4v) is 10.6. The summed E-state index contributed by atoms with van der Waals surface area (Å²) in [5.41, 5.74) is 17.0. The molecule has 3 aromatic carbocycles. The van der Waals surface area contributed by atoms with Crippen LogP contribution < -0.4 is 17.2 Å². The second kappa shape index (κ2) is 26.0. The average molecular weight is 1350 g/mol. The van der Waals surface area contributed by atoms with Crippen molar-refractivity contribution in [2.75, 3.05) is 36.0 Å². The zero-order chi connectivity index (χ0) is 69.5. The molecule has 10 aromatic rings. The highest BCUT2D eigenvalue weighted by molar-refractivity contribution is 7.99. The number of thioether (sulfide) groups is 3. The van der Waals surface area contributed by atoms with E-state index in [0.29, 0.717) is 0 Å². The highest BCUT2D eigenvalue weighted by Gasteiger charge is 2.29. The molecular formula is C55H40N26O12S3. The number of nitriles is 2. The molecule has 0 saturated heterocycles. The fourth-order valence-electron chi connectivity index (χ4n) is 9.13. The monoisotopic (exact) mass is 1350 g/mol. The number of anilines is 3. The smallest absolute Gasteiger partial charge is 0.335 e. The molecule has 0 aliphatic carbocycles. The predicted octanol–water partition coefficient (Wildman–Crippen LogP) is 9.16. The summed E-state index contributed by atoms with van der Waals surface area (Å²) in [6, 6.07) is 14.8. The number of nitrogens with two attached hydrogens (primary N) is 3. The summed E-state index contributed by atoms with van der Waals surface area (Å²) in [6.07, 6.45) is 4.80. The molecule has 38 nitrogen and oxygen atoms in total. The Morgan fingerprint density at radius 3 is 1.03 bits per heavy atom. The van der Waals surface area contributed by atoms with Crippen molar-refractivity contribution < 1.29 is 59.4 Å². The van der Waals surface area contributed by atoms with E-state index in [-0.39, 0.29) is 136 Å². The van der Waals surface area contributed by atoms with Gasteiger partial charge in [0.2, 0.25) is 0 Å². The van der Waals surface area contributed by atoms with Crippen LogP contribution in [-0.2, 0) is 0 Å². The van der Waals surface area contributed by atoms with Gasteiger partial charge >= 0.3 is 35.8 Å². The topological polar surface area (TPSA) is 561 Å². The molecule has 12 N–H and O–H groups in total. The average Bonchev–Trinajstić information content (AvgIpc) is 1.61. The van der Waals surface area contributed by atoms with Crippen molar-refractivity contribution in [1.82, 2.24) is 68.7 Å². The number of aromatic nitrogens is 14. The van der Waals surface area contributed by atoms with Crippen molar-refractivity contribution in [3.8, 4) is 46.8 Å². The number of rotatable bonds is 21. The van der Waals surface area contributed by atoms with E-state index in [1.807, 2.05) is 12.1 Å². The first-order chi connectivity index (χ1) is 45.7. The van der Waals surface area contributed by atoms with Crippen LogP contribution in [0.2, 0.25) is 0 Å². The number of benzene rings is 3. The van der Waals surface area contributed by atoms with Gasteiger partial charge in [0.05, 0.1) is 74.1 Å². The molecule has 96 heavy (non-hydrogen) atoms. The summed E-state index contributed by atoms with van der Waals surface area (Å²) in [6.45, 7) is 12.5. The number of hydrogen-bond acceptors (Lipinski definition) is 28. The second-order valence-electron chi connectivity index (χ2n) is 19.5. The standard InChI is InChI=1S/C55H40N26O12S3/c1-20-36(64-67-43-32(18-56)46(94-5)73-76(43)29-11-23(49(82)83)8-24(12-29)50(84)85)40(58)79(70-20)34-17-35(80-41(59)37(21(2)71-80)66-69-45-39(61-4)48(96-7)75-78(45)31-15-27(53(90)91)10-28(16-31)54(92)93)63-55(62-34)81-42(60)38(22(3)72-81)65-68-44-33(19-57)47(95-6)74-77(44)30-13-25(51(86)87)9-26(14-30)52(88)89/h8-17H,58-60H2,1-3,5-7H3,(H,82,83)(H,84,85)(H,86,87)(H,88,89)(H,90,91)(H,92,93). The third kappa shape index (κ3) is 12.1. The normalized spacial score (nSPS) is 11.4. The van der Waals surface area contributed by atoms with Crippen molar-refractivity contribution in [2.24, 2.45) is 30.7 Å². The number of carbonyl (C=O) groups is 6. The van der Waals surface area contributed by atoms with Crippen LogP contribution in [0.5, 0.6) is 0 Å². The molecule has 0 saturated carbocycles. The maximum Gasteiger partial charge on any atom is 0.335 e. The number of carboxylic acids is 6. The lowest BCUT2D eigenvalue weighted by Crippen LogP contribution is -2.15. The van der Waals surface area contributed by atoms with Gasteiger partial charge in [-0.25, -0.2) is 47.7 Å². The summed E-state index contributed by atoms with van der Waals surface area (Å²) < 4.78 is 6.28. The molecule has 10 rings (SSSR count). The van der Waals surface area contributed by atoms with Crippen molar-refractivity contribution in [2.45, 2.75) is 35.8 Å². The van der Waals surface area contributed by atoms with Crippen LogP contribution >= 0.6 is 35.3 Å². The first-order valence-corrected chi connectivity index (χ1v) is 30.2. The number of aromatic carboxylic acids is 6. The summed E-state index contributed by atoms with van der Waals surface area (Å²) in [5.74, 6) is -11.2. The van der Waals surface area contributed by atoms with Gasteiger partial charge in [0, 0.05) is 6.07 Å². The van der Waals surface area contributed by atoms with Gasteiger partial charge in [-0.1, -0.05) is 0 Å². The van der Waals surface area contributed by atoms with E-state index in [9.17, 15) is 69.9 Å². The molecule has 0 radical (unpaired) electrons. The summed E-state index contributed by atoms with van der Waals surface area (Å²) in [5, 5.41) is 133. The van der Waals surface area contributed by atoms with E-state index in [4.69, 9.17) is 33.7 Å². The molecule has 0 aliphatic rings. The highest BCUT2D eigenvalue weighted by atomic mass is 32.2. The van der Waals surface area contributed by atoms with Crippen molar-refractivity contribution in [3.05, 3.63) is 134 Å². The Labute approximate surface area is 547 Å². The molecule has 0 atom stereocenters. The molecule has 41 heteroatoms. The van der Waals surface area contributed by atoms with Gasteiger partial charge in [0.15, 0.2) is 63.6 Å². The molecule has 0 amide bonds. The van der Waals surface area contributed by atoms with Crippen LogP contribution in [0.4, 0.5) is 57.7 Å². The number of nitrogen functional groups attached to an aromatic ring is 3. The van der Waals surface area contributed by atoms with E-state index in [1.165, 1.54) is 26.8 Å². The van der Waals surface area contributed by atoms with E-state index >= 15 is 0 Å². The van der Waals surface area contributed by atoms with Crippen LogP contribution in [0, 0.1) is 50.0 Å². The lowest BCUT2D eigenvalue weighted by atomic mass is 10.1. The van der Waals surface area contributed by atoms with Crippen LogP contribution in [0.3, 0.4) is 0 Å². The lowest BCUT2D eigenvalue weighted by Gasteiger charge is -2.11. The van der Waals surface area contributed by atoms with Crippen LogP contribution in [0.15, 0.2) is 106 Å². The minimum atomic E-state index is -1.47. The van der Waals surface area contributed by atoms with Crippen LogP contribution in [0.1, 0.15) is 90.4 Å². The zero-order valence-corrected chi connectivity index (χ0v) is 52.1. The van der Waals surface area contributed by atoms with Gasteiger partial charge in [0.1, 0.15) is 38.3 Å². The molecule has 0 unspecified atom stereocenters. The third-order valence-corrected chi connectivity index (χ3v) is 15.6. The maximum absolute atomic E-state index is 12.1. The Hall–Kier alpha value is -13.5. The Bertz CT molecular complexity index is 4650. The van der Waals surface area contributed by atoms with Gasteiger partial charge in [-0.3, -0.25) is 0 Å². The van der Waals surface area contributed by atoms with Gasteiger partial charge in [-0.15, -0.1) is 66.0 Å². The Morgan fingerprint density at radius 1 is 0.438 bits per heavy atom. The van der Waals surface area contributed by atoms with E-state index in [1.54, 1.807) is 18.8 Å². The molecule has 0 spiro atoms. The van der Waals surface area contributed by atoms with Crippen molar-refractivity contribution in [1.29, 1.82) is 10.5 Å². The van der Waals surface area contributed by atoms with Crippen LogP contribution in [0.25, 0.3) is 39.5 Å². The van der Waals surface area contributed by atoms with E-state index in [0.717, 1.165) is 118 Å². The first-order valence-electron chi connectivity index (χ1n) is 26.5. The van der Waals surface area contributed by atoms with Crippen molar-refractivity contribution in [3.63, 3.8) is 0 Å². The quantitative estimate of drug-likeness (QED) is 0.0184. The molecule has 7 heterocycles. The second-order valence-corrected chi connectivity index (χ2v) is 21.9. The van der Waals surface area contributed by atoms with Crippen LogP contribution in [-0.4, -0.2) is 154 Å². The Balaban J connectivity index is 1.14. The number of aryl methyl sites for hydroxylation is 3. The van der Waals surface area contributed by atoms with Crippen molar-refractivity contribution >= 4 is 129 Å². The lowest BCUT2D eigenvalue weighted by molar-refractivity contribution is 0.0676. The molecule has 0 bridgehead atoms. The number of carboxylic acid groups (broad SMARTS) is 6. The van der Waals surface area contributed by atoms with E-state index in [2.05, 4.69) is 66.1 Å². The summed E-state index contributed by atoms with van der Waals surface area (Å²) in [7, 11) is 0. The number of nitrogens with zero attached hydrogens (tertiary/aromatic N) is 23. The SMILES string of the molecule is [C-]#[N+]c1c(SC)nn(-c2cc(C(=O)O)cc(C(=O)O)c2)c1N=Nc1c(C)nn(-c2cc(-n3nc(C)c(N=Nc4c(C#N)c(SC)nn4-c4cc(C(=O)O)cc(C(=O)O)c4)c3N)nc(-n3nc(C)c(N=Nc4c(C#N)c(SC)nn4-c4cc(C(=O)O)cc(C(=O)O)c4)c3N)n2)c1N. The zero-order valence-electron chi connectivity index (χ0n) is 49.6. The molecular weight excluding hydrogens is 1310 g/mol. The third-order valence-electron chi connectivity index (χ3n) is 13.6. The highest BCUT2D eigenvalue weighted by Crippen LogP contribution is 2.43. The maximum atomic E-state index is 12.1. The Morgan fingerprint density at radius 2 is 0.729 bits per heavy atom. The number of hydrogen-bond donors (Lipinski definition) is 9. The summed E-state index contributed by atoms with van der Waals surface area (Å²) >= 11 is 3.08. The predicted molar refractivity (Wildman–Crippen MR) is 337 cm³/mol. The van der Waals surface area contributed by atoms with E-state index < -0.39 is 69.2 Å². The Kier molecular flexibility index (Phi) is 17.8. The minimum absolute atomic E-state index is 0.0581.